The number of terminal acetylenes is 8. The Bertz CT molecular complexity index is 5400. The summed E-state index contributed by atoms with van der Waals surface area (Å²) in [5, 5.41) is 6.92. The van der Waals surface area contributed by atoms with Crippen LogP contribution >= 0.6 is 0 Å². The summed E-state index contributed by atoms with van der Waals surface area (Å²) in [5.74, 6) is 22.8. The molecule has 92 heavy (non-hydrogen) atoms. The quantitative estimate of drug-likeness (QED) is 0.0946. The average molecular weight is 1160 g/mol. The largest absolute Gasteiger partial charge is 0.115 e. The number of hydrogen-bond donors (Lipinski definition) is 0. The monoisotopic (exact) mass is 1150 g/mol. The maximum absolute atomic E-state index is 6.29. The molecule has 0 bridgehead atoms. The van der Waals surface area contributed by atoms with E-state index < -0.39 is 0 Å². The minimum Gasteiger partial charge on any atom is -0.115 e. The fourth-order valence-corrected chi connectivity index (χ4v) is 13.5. The van der Waals surface area contributed by atoms with E-state index in [9.17, 15) is 0 Å². The van der Waals surface area contributed by atoms with Gasteiger partial charge in [0, 0.05) is 44.5 Å². The van der Waals surface area contributed by atoms with Crippen LogP contribution in [-0.2, 0) is 0 Å². The fraction of sp³-hybridized carbons (Fsp3) is 0. The highest BCUT2D eigenvalue weighted by molar-refractivity contribution is 6.32. The summed E-state index contributed by atoms with van der Waals surface area (Å²) >= 11 is 0. The number of benzene rings is 14. The van der Waals surface area contributed by atoms with Gasteiger partial charge in [0.15, 0.2) is 0 Å². The normalized spacial score (nSPS) is 10.7. The van der Waals surface area contributed by atoms with E-state index in [0.717, 1.165) is 133 Å². The Morgan fingerprint density at radius 3 is 0.750 bits per heavy atom. The lowest BCUT2D eigenvalue weighted by Gasteiger charge is -2.22. The van der Waals surface area contributed by atoms with Crippen LogP contribution in [0.4, 0.5) is 0 Å². The van der Waals surface area contributed by atoms with Crippen LogP contribution in [-0.4, -0.2) is 0 Å². The summed E-state index contributed by atoms with van der Waals surface area (Å²) in [7, 11) is 0. The van der Waals surface area contributed by atoms with Crippen LogP contribution in [0.5, 0.6) is 0 Å². The van der Waals surface area contributed by atoms with E-state index in [0.29, 0.717) is 44.5 Å². The SMILES string of the molecule is C#Cc1cccc(-c2ccc(-c3cccc(-c4cc(-c5ccccc5)c5ccc6c(-c7cccc(-c8ccc(-c9cccc(C#C)c9C#C)c(-c9cccc(C#C)c9C#C)c8)c7)cc(-c7ccccc7)c7ccc4c5c76)c3)cc2-c2cccc(C#C)c2C#C)c1C#C. The molecule has 0 fully saturated rings. The van der Waals surface area contributed by atoms with Crippen LogP contribution in [0.1, 0.15) is 44.5 Å². The van der Waals surface area contributed by atoms with Crippen molar-refractivity contribution in [1.29, 1.82) is 0 Å². The van der Waals surface area contributed by atoms with E-state index in [2.05, 4.69) is 229 Å². The zero-order chi connectivity index (χ0) is 63.0. The molecule has 0 aliphatic heterocycles. The predicted molar refractivity (Wildman–Crippen MR) is 388 cm³/mol. The molecule has 0 aromatic heterocycles. The van der Waals surface area contributed by atoms with Crippen molar-refractivity contribution in [2.24, 2.45) is 0 Å². The van der Waals surface area contributed by atoms with Crippen LogP contribution < -0.4 is 0 Å². The van der Waals surface area contributed by atoms with Crippen molar-refractivity contribution in [3.63, 3.8) is 0 Å². The van der Waals surface area contributed by atoms with Crippen LogP contribution in [0, 0.1) is 98.8 Å². The summed E-state index contributed by atoms with van der Waals surface area (Å²) in [5.41, 5.74) is 24.6. The van der Waals surface area contributed by atoms with Crippen LogP contribution in [0.2, 0.25) is 0 Å². The predicted octanol–water partition coefficient (Wildman–Crippen LogP) is 21.1. The van der Waals surface area contributed by atoms with Gasteiger partial charge in [-0.15, -0.1) is 51.4 Å². The highest BCUT2D eigenvalue weighted by Gasteiger charge is 2.24. The highest BCUT2D eigenvalue weighted by Crippen LogP contribution is 2.50. The van der Waals surface area contributed by atoms with Crippen molar-refractivity contribution in [1.82, 2.24) is 0 Å². The lowest BCUT2D eigenvalue weighted by molar-refractivity contribution is 1.51. The number of rotatable bonds is 10. The van der Waals surface area contributed by atoms with Crippen molar-refractivity contribution < 1.29 is 0 Å². The molecule has 14 aromatic rings. The third-order valence-corrected chi connectivity index (χ3v) is 17.7. The van der Waals surface area contributed by atoms with Crippen molar-refractivity contribution in [3.8, 4) is 210 Å². The second-order valence-electron chi connectivity index (χ2n) is 22.5. The van der Waals surface area contributed by atoms with Gasteiger partial charge in [0.25, 0.3) is 0 Å². The van der Waals surface area contributed by atoms with Gasteiger partial charge >= 0.3 is 0 Å². The maximum atomic E-state index is 6.29. The van der Waals surface area contributed by atoms with Gasteiger partial charge in [0.05, 0.1) is 0 Å². The summed E-state index contributed by atoms with van der Waals surface area (Å²) < 4.78 is 0. The first-order valence-corrected chi connectivity index (χ1v) is 30.0. The molecule has 0 radical (unpaired) electrons. The van der Waals surface area contributed by atoms with Gasteiger partial charge in [0.2, 0.25) is 0 Å². The first kappa shape index (κ1) is 56.4. The molecule has 0 amide bonds. The standard InChI is InChI=1S/C92H50/c1-9-59-33-25-41-75(71(59)13-5)79-47-45-67(55-89(79)77-43-27-35-61(11-3)73(77)15-7)65-37-23-39-69(53-65)87-57-85(63-29-19-17-20-30-63)81-50-52-84-88(58-86(64-31-21-18-22-32-64)82-49-51-83(87)91(81)92(82)84)70-40-24-38-66(54-70)68-46-48-80(76-42-26-34-60(10-2)72(76)14-6)90(56-68)78-44-28-36-62(12-4)74(78)16-8/h1-8,17-58H. The molecule has 0 spiro atoms. The maximum Gasteiger partial charge on any atom is 0.0477 e. The van der Waals surface area contributed by atoms with E-state index in [1.807, 2.05) is 72.8 Å². The topological polar surface area (TPSA) is 0 Å². The molecule has 0 saturated carbocycles. The molecule has 0 heteroatoms. The van der Waals surface area contributed by atoms with Crippen LogP contribution in [0.15, 0.2) is 255 Å². The van der Waals surface area contributed by atoms with E-state index in [1.54, 1.807) is 0 Å². The Hall–Kier alpha value is -13.4. The van der Waals surface area contributed by atoms with Crippen molar-refractivity contribution in [3.05, 3.63) is 299 Å². The molecule has 0 heterocycles. The van der Waals surface area contributed by atoms with E-state index in [4.69, 9.17) is 51.4 Å². The average Bonchev–Trinajstić information content (AvgIpc) is 0.730. The molecule has 0 saturated heterocycles. The minimum atomic E-state index is 0.623. The summed E-state index contributed by atoms with van der Waals surface area (Å²) in [6.07, 6.45) is 49.2. The first-order chi connectivity index (χ1) is 45.3. The van der Waals surface area contributed by atoms with E-state index >= 15 is 0 Å². The molecule has 0 aliphatic carbocycles. The summed E-state index contributed by atoms with van der Waals surface area (Å²) in [6.45, 7) is 0. The van der Waals surface area contributed by atoms with Gasteiger partial charge in [-0.2, -0.15) is 0 Å². The van der Waals surface area contributed by atoms with Crippen molar-refractivity contribution in [2.45, 2.75) is 0 Å². The van der Waals surface area contributed by atoms with E-state index in [1.165, 1.54) is 10.8 Å². The van der Waals surface area contributed by atoms with E-state index in [-0.39, 0.29) is 0 Å². The fourth-order valence-electron chi connectivity index (χ4n) is 13.5. The molecule has 418 valence electrons. The highest BCUT2D eigenvalue weighted by atomic mass is 14.3. The van der Waals surface area contributed by atoms with Gasteiger partial charge < -0.3 is 0 Å². The third kappa shape index (κ3) is 9.51. The van der Waals surface area contributed by atoms with Crippen LogP contribution in [0.3, 0.4) is 0 Å². The molecule has 14 rings (SSSR count). The van der Waals surface area contributed by atoms with Crippen molar-refractivity contribution in [2.75, 3.05) is 0 Å². The Balaban J connectivity index is 0.983. The molecule has 0 aliphatic rings. The van der Waals surface area contributed by atoms with Crippen molar-refractivity contribution >= 4 is 32.3 Å². The third-order valence-electron chi connectivity index (χ3n) is 17.7. The lowest BCUT2D eigenvalue weighted by atomic mass is 9.81. The molecule has 0 atom stereocenters. The second kappa shape index (κ2) is 23.7. The first-order valence-electron chi connectivity index (χ1n) is 30.0. The van der Waals surface area contributed by atoms with Crippen LogP contribution in [0.25, 0.3) is 144 Å². The van der Waals surface area contributed by atoms with Gasteiger partial charge in [-0.1, -0.05) is 241 Å². The van der Waals surface area contributed by atoms with Gasteiger partial charge in [-0.3, -0.25) is 0 Å². The van der Waals surface area contributed by atoms with Gasteiger partial charge in [-0.05, 0) is 204 Å². The zero-order valence-corrected chi connectivity index (χ0v) is 49.9. The van der Waals surface area contributed by atoms with Gasteiger partial charge in [0.1, 0.15) is 0 Å². The Labute approximate surface area is 538 Å². The lowest BCUT2D eigenvalue weighted by Crippen LogP contribution is -1.96. The summed E-state index contributed by atoms with van der Waals surface area (Å²) in [4.78, 5) is 0. The molecular weight excluding hydrogens is 1110 g/mol. The Kier molecular flexibility index (Phi) is 14.5. The second-order valence-corrected chi connectivity index (χ2v) is 22.5. The zero-order valence-electron chi connectivity index (χ0n) is 49.9. The molecule has 0 unspecified atom stereocenters. The Morgan fingerprint density at radius 2 is 0.435 bits per heavy atom. The number of hydrogen-bond acceptors (Lipinski definition) is 0. The van der Waals surface area contributed by atoms with Gasteiger partial charge in [-0.25, -0.2) is 0 Å². The molecule has 0 N–H and O–H groups in total. The molecular formula is C92H50. The smallest absolute Gasteiger partial charge is 0.0477 e. The molecule has 0 nitrogen and oxygen atoms in total. The Morgan fingerprint density at radius 1 is 0.163 bits per heavy atom. The minimum absolute atomic E-state index is 0.623. The summed E-state index contributed by atoms with van der Waals surface area (Å²) in [6, 6.07) is 89.1. The molecule has 14 aromatic carbocycles.